The highest BCUT2D eigenvalue weighted by Crippen LogP contribution is 2.19. The summed E-state index contributed by atoms with van der Waals surface area (Å²) >= 11 is 0. The molecular weight excluding hydrogens is 817 g/mol. The van der Waals surface area contributed by atoms with Gasteiger partial charge in [0, 0.05) is 19.3 Å². The maximum absolute atomic E-state index is 12.9. The molecule has 0 spiro atoms. The van der Waals surface area contributed by atoms with Crippen molar-refractivity contribution in [2.75, 3.05) is 13.2 Å². The van der Waals surface area contributed by atoms with Crippen LogP contribution in [0.4, 0.5) is 0 Å². The Morgan fingerprint density at radius 3 is 0.864 bits per heavy atom. The molecule has 2 atom stereocenters. The van der Waals surface area contributed by atoms with Crippen molar-refractivity contribution < 1.29 is 28.6 Å². The van der Waals surface area contributed by atoms with E-state index in [0.29, 0.717) is 19.3 Å². The van der Waals surface area contributed by atoms with Gasteiger partial charge < -0.3 is 14.2 Å². The number of esters is 3. The van der Waals surface area contributed by atoms with E-state index in [1.165, 1.54) is 225 Å². The van der Waals surface area contributed by atoms with Gasteiger partial charge in [0.25, 0.3) is 0 Å². The van der Waals surface area contributed by atoms with Crippen molar-refractivity contribution in [3.8, 4) is 0 Å². The molecule has 0 aliphatic carbocycles. The van der Waals surface area contributed by atoms with Gasteiger partial charge in [-0.2, -0.15) is 0 Å². The molecule has 0 N–H and O–H groups in total. The van der Waals surface area contributed by atoms with Gasteiger partial charge in [-0.3, -0.25) is 14.4 Å². The minimum absolute atomic E-state index is 0.0624. The molecule has 66 heavy (non-hydrogen) atoms. The monoisotopic (exact) mass is 933 g/mol. The summed E-state index contributed by atoms with van der Waals surface area (Å²) in [5, 5.41) is 0. The summed E-state index contributed by atoms with van der Waals surface area (Å²) in [4.78, 5) is 38.2. The second-order valence-electron chi connectivity index (χ2n) is 21.4. The molecule has 1 unspecified atom stereocenters. The molecule has 6 heteroatoms. The van der Waals surface area contributed by atoms with Crippen molar-refractivity contribution in [2.24, 2.45) is 11.8 Å². The summed E-state index contributed by atoms with van der Waals surface area (Å²) in [5.41, 5.74) is 0. The molecule has 0 aliphatic heterocycles. The van der Waals surface area contributed by atoms with Crippen LogP contribution in [0, 0.1) is 11.8 Å². The molecule has 0 fully saturated rings. The molecule has 0 bridgehead atoms. The Balaban J connectivity index is 4.29. The molecule has 0 heterocycles. The van der Waals surface area contributed by atoms with Crippen molar-refractivity contribution >= 4 is 17.9 Å². The van der Waals surface area contributed by atoms with E-state index in [-0.39, 0.29) is 31.1 Å². The zero-order valence-corrected chi connectivity index (χ0v) is 45.3. The number of ether oxygens (including phenoxy) is 3. The molecular formula is C60H116O6. The Morgan fingerprint density at radius 2 is 0.576 bits per heavy atom. The Morgan fingerprint density at radius 1 is 0.318 bits per heavy atom. The number of carbonyl (C=O) groups excluding carboxylic acids is 3. The Labute approximate surface area is 412 Å². The van der Waals surface area contributed by atoms with E-state index in [2.05, 4.69) is 34.6 Å². The molecule has 6 nitrogen and oxygen atoms in total. The fraction of sp³-hybridized carbons (Fsp3) is 0.950. The third-order valence-electron chi connectivity index (χ3n) is 14.1. The highest BCUT2D eigenvalue weighted by Gasteiger charge is 2.19. The molecule has 0 amide bonds. The van der Waals surface area contributed by atoms with Gasteiger partial charge in [0.15, 0.2) is 6.10 Å². The van der Waals surface area contributed by atoms with E-state index in [4.69, 9.17) is 14.2 Å². The van der Waals surface area contributed by atoms with Crippen LogP contribution in [0.2, 0.25) is 0 Å². The molecule has 0 aromatic rings. The topological polar surface area (TPSA) is 78.9 Å². The first kappa shape index (κ1) is 64.4. The van der Waals surface area contributed by atoms with E-state index < -0.39 is 6.10 Å². The van der Waals surface area contributed by atoms with Crippen molar-refractivity contribution in [3.05, 3.63) is 0 Å². The zero-order chi connectivity index (χ0) is 48.2. The highest BCUT2D eigenvalue weighted by atomic mass is 16.6. The SMILES string of the molecule is CCCCCCCCCCCCCCCC(=O)OC[C@H](COC(=O)CCCCCCCCCCCCCCCCC(C)CC)OC(=O)CCCCCCCCCCCCCCCCC(C)C. The smallest absolute Gasteiger partial charge is 0.306 e. The van der Waals surface area contributed by atoms with Crippen LogP contribution in [0.5, 0.6) is 0 Å². The van der Waals surface area contributed by atoms with Crippen LogP contribution < -0.4 is 0 Å². The van der Waals surface area contributed by atoms with E-state index in [1.54, 1.807) is 0 Å². The minimum Gasteiger partial charge on any atom is -0.462 e. The highest BCUT2D eigenvalue weighted by molar-refractivity contribution is 5.71. The average Bonchev–Trinajstić information content (AvgIpc) is 3.30. The maximum atomic E-state index is 12.9. The Hall–Kier alpha value is -1.59. The molecule has 0 saturated carbocycles. The zero-order valence-electron chi connectivity index (χ0n) is 45.3. The standard InChI is InChI=1S/C60H116O6/c1-6-8-9-10-11-12-13-18-25-30-35-40-45-50-58(61)64-53-57(66-60(63)52-47-42-37-32-27-22-16-14-19-23-28-33-38-43-48-55(3)4)54-65-59(62)51-46-41-36-31-26-21-17-15-20-24-29-34-39-44-49-56(5)7-2/h55-57H,6-54H2,1-5H3/t56?,57-/m1/s1. The first-order valence-corrected chi connectivity index (χ1v) is 29.8. The second kappa shape index (κ2) is 52.8. The summed E-state index contributed by atoms with van der Waals surface area (Å²) in [6.45, 7) is 11.5. The van der Waals surface area contributed by atoms with Gasteiger partial charge >= 0.3 is 17.9 Å². The van der Waals surface area contributed by atoms with E-state index >= 15 is 0 Å². The lowest BCUT2D eigenvalue weighted by Crippen LogP contribution is -2.30. The summed E-state index contributed by atoms with van der Waals surface area (Å²) in [6, 6.07) is 0. The van der Waals surface area contributed by atoms with Crippen LogP contribution in [-0.2, 0) is 28.6 Å². The van der Waals surface area contributed by atoms with Crippen LogP contribution in [0.3, 0.4) is 0 Å². The first-order chi connectivity index (χ1) is 32.3. The van der Waals surface area contributed by atoms with E-state index in [1.807, 2.05) is 0 Å². The minimum atomic E-state index is -0.763. The normalized spacial score (nSPS) is 12.5. The molecule has 392 valence electrons. The average molecular weight is 934 g/mol. The molecule has 0 aliphatic rings. The van der Waals surface area contributed by atoms with Crippen molar-refractivity contribution in [2.45, 2.75) is 343 Å². The van der Waals surface area contributed by atoms with Gasteiger partial charge in [-0.25, -0.2) is 0 Å². The summed E-state index contributed by atoms with van der Waals surface area (Å²) < 4.78 is 16.9. The Kier molecular flexibility index (Phi) is 51.5. The quantitative estimate of drug-likeness (QED) is 0.0343. The lowest BCUT2D eigenvalue weighted by atomic mass is 9.99. The first-order valence-electron chi connectivity index (χ1n) is 29.8. The lowest BCUT2D eigenvalue weighted by Gasteiger charge is -2.18. The molecule has 0 saturated heterocycles. The molecule has 0 aromatic carbocycles. The Bertz CT molecular complexity index is 1010. The number of unbranched alkanes of at least 4 members (excludes halogenated alkanes) is 38. The third kappa shape index (κ3) is 51.8. The number of carbonyl (C=O) groups is 3. The largest absolute Gasteiger partial charge is 0.462 e. The second-order valence-corrected chi connectivity index (χ2v) is 21.4. The molecule has 0 aromatic heterocycles. The van der Waals surface area contributed by atoms with Crippen LogP contribution >= 0.6 is 0 Å². The summed E-state index contributed by atoms with van der Waals surface area (Å²) in [5.74, 6) is 0.903. The molecule has 0 radical (unpaired) electrons. The van der Waals surface area contributed by atoms with Gasteiger partial charge in [-0.15, -0.1) is 0 Å². The van der Waals surface area contributed by atoms with Crippen LogP contribution in [0.25, 0.3) is 0 Å². The summed E-state index contributed by atoms with van der Waals surface area (Å²) in [6.07, 6.45) is 56.6. The van der Waals surface area contributed by atoms with Crippen LogP contribution in [-0.4, -0.2) is 37.2 Å². The lowest BCUT2D eigenvalue weighted by molar-refractivity contribution is -0.167. The van der Waals surface area contributed by atoms with Gasteiger partial charge in [-0.1, -0.05) is 298 Å². The number of rotatable bonds is 54. The van der Waals surface area contributed by atoms with Crippen LogP contribution in [0.15, 0.2) is 0 Å². The van der Waals surface area contributed by atoms with E-state index in [9.17, 15) is 14.4 Å². The molecule has 0 rings (SSSR count). The van der Waals surface area contributed by atoms with E-state index in [0.717, 1.165) is 69.6 Å². The van der Waals surface area contributed by atoms with Crippen molar-refractivity contribution in [1.82, 2.24) is 0 Å². The van der Waals surface area contributed by atoms with Gasteiger partial charge in [-0.05, 0) is 31.1 Å². The third-order valence-corrected chi connectivity index (χ3v) is 14.1. The van der Waals surface area contributed by atoms with Gasteiger partial charge in [0.2, 0.25) is 0 Å². The predicted octanol–water partition coefficient (Wildman–Crippen LogP) is 19.7. The number of hydrogen-bond acceptors (Lipinski definition) is 6. The fourth-order valence-electron chi connectivity index (χ4n) is 9.20. The van der Waals surface area contributed by atoms with Crippen molar-refractivity contribution in [3.63, 3.8) is 0 Å². The number of hydrogen-bond donors (Lipinski definition) is 0. The fourth-order valence-corrected chi connectivity index (χ4v) is 9.20. The van der Waals surface area contributed by atoms with Crippen LogP contribution in [0.1, 0.15) is 336 Å². The summed E-state index contributed by atoms with van der Waals surface area (Å²) in [7, 11) is 0. The van der Waals surface area contributed by atoms with Gasteiger partial charge in [0.1, 0.15) is 13.2 Å². The maximum Gasteiger partial charge on any atom is 0.306 e. The predicted molar refractivity (Wildman–Crippen MR) is 284 cm³/mol. The van der Waals surface area contributed by atoms with Crippen molar-refractivity contribution in [1.29, 1.82) is 0 Å². The van der Waals surface area contributed by atoms with Gasteiger partial charge in [0.05, 0.1) is 0 Å².